The van der Waals surface area contributed by atoms with Crippen LogP contribution in [0.3, 0.4) is 0 Å². The normalized spacial score (nSPS) is 13.4. The number of benzene rings is 1. The van der Waals surface area contributed by atoms with Gasteiger partial charge in [0.25, 0.3) is 0 Å². The van der Waals surface area contributed by atoms with Crippen molar-refractivity contribution in [3.8, 4) is 5.75 Å². The molecule has 1 aromatic carbocycles. The molecule has 11 nitrogen and oxygen atoms in total. The lowest BCUT2D eigenvalue weighted by molar-refractivity contribution is -0.128. The molecule has 2 aromatic rings. The third kappa shape index (κ3) is 9.33. The minimum atomic E-state index is -4.66. The standard InChI is InChI=1S/C21H31N4O7P/c1-5-17(21-24-19(25-31-21)11-6-13(2)3)23-20(27)18(22-14(4)26)12-15-7-9-16(10-8-15)32-33(28,29)30/h7-10,13,17-18H,5-6,11-12H2,1-4H3,(H,22,26)(H,23,27)(H2,28,29,30)/t17-,18-/m0/s1. The Hall–Kier alpha value is -2.75. The molecule has 0 aliphatic heterocycles. The molecule has 182 valence electrons. The number of phosphoric ester groups is 1. The Kier molecular flexibility index (Phi) is 9.57. The number of amides is 2. The minimum Gasteiger partial charge on any atom is -0.404 e. The fourth-order valence-corrected chi connectivity index (χ4v) is 3.45. The second-order valence-corrected chi connectivity index (χ2v) is 9.30. The molecule has 2 atom stereocenters. The summed E-state index contributed by atoms with van der Waals surface area (Å²) in [6.45, 7) is 7.40. The molecule has 0 bridgehead atoms. The number of carbonyl (C=O) groups is 2. The van der Waals surface area contributed by atoms with Crippen LogP contribution in [0.15, 0.2) is 28.8 Å². The van der Waals surface area contributed by atoms with E-state index < -0.39 is 25.8 Å². The van der Waals surface area contributed by atoms with Crippen LogP contribution in [0.25, 0.3) is 0 Å². The van der Waals surface area contributed by atoms with Crippen molar-refractivity contribution in [3.05, 3.63) is 41.5 Å². The van der Waals surface area contributed by atoms with Gasteiger partial charge in [-0.15, -0.1) is 0 Å². The van der Waals surface area contributed by atoms with Crippen molar-refractivity contribution < 1.29 is 33.0 Å². The number of nitrogens with one attached hydrogen (secondary N) is 2. The van der Waals surface area contributed by atoms with E-state index in [1.807, 2.05) is 6.92 Å². The smallest absolute Gasteiger partial charge is 0.404 e. The zero-order valence-corrected chi connectivity index (χ0v) is 20.0. The molecule has 12 heteroatoms. The summed E-state index contributed by atoms with van der Waals surface area (Å²) in [6.07, 6.45) is 2.27. The second-order valence-electron chi connectivity index (χ2n) is 8.13. The van der Waals surface area contributed by atoms with Gasteiger partial charge in [-0.2, -0.15) is 4.98 Å². The molecule has 2 rings (SSSR count). The Morgan fingerprint density at radius 1 is 1.18 bits per heavy atom. The third-order valence-electron chi connectivity index (χ3n) is 4.73. The highest BCUT2D eigenvalue weighted by atomic mass is 31.2. The first kappa shape index (κ1) is 26.5. The molecule has 33 heavy (non-hydrogen) atoms. The topological polar surface area (TPSA) is 164 Å². The molecular weight excluding hydrogens is 451 g/mol. The molecule has 0 unspecified atom stereocenters. The average Bonchev–Trinajstić information content (AvgIpc) is 3.18. The first-order valence-corrected chi connectivity index (χ1v) is 12.2. The van der Waals surface area contributed by atoms with Gasteiger partial charge < -0.3 is 19.7 Å². The van der Waals surface area contributed by atoms with Gasteiger partial charge in [0.05, 0.1) is 0 Å². The van der Waals surface area contributed by atoms with Gasteiger partial charge in [-0.05, 0) is 36.5 Å². The number of hydrogen-bond acceptors (Lipinski definition) is 7. The van der Waals surface area contributed by atoms with Gasteiger partial charge in [-0.25, -0.2) is 4.57 Å². The predicted octanol–water partition coefficient (Wildman–Crippen LogP) is 2.44. The monoisotopic (exact) mass is 482 g/mol. The molecule has 0 spiro atoms. The highest BCUT2D eigenvalue weighted by Gasteiger charge is 2.26. The van der Waals surface area contributed by atoms with Crippen LogP contribution in [0.2, 0.25) is 0 Å². The maximum absolute atomic E-state index is 13.0. The van der Waals surface area contributed by atoms with Gasteiger partial charge in [0.1, 0.15) is 17.8 Å². The van der Waals surface area contributed by atoms with E-state index in [1.54, 1.807) is 12.1 Å². The largest absolute Gasteiger partial charge is 0.524 e. The zero-order chi connectivity index (χ0) is 24.6. The molecule has 4 N–H and O–H groups in total. The Bertz CT molecular complexity index is 971. The summed E-state index contributed by atoms with van der Waals surface area (Å²) in [6, 6.07) is 4.49. The van der Waals surface area contributed by atoms with Crippen molar-refractivity contribution in [2.45, 2.75) is 65.5 Å². The molecule has 1 heterocycles. The zero-order valence-electron chi connectivity index (χ0n) is 19.1. The number of nitrogens with zero attached hydrogens (tertiary/aromatic N) is 2. The number of aryl methyl sites for hydroxylation is 1. The van der Waals surface area contributed by atoms with Crippen LogP contribution in [0.5, 0.6) is 5.75 Å². The summed E-state index contributed by atoms with van der Waals surface area (Å²) in [5.74, 6) is 0.591. The maximum Gasteiger partial charge on any atom is 0.524 e. The van der Waals surface area contributed by atoms with Crippen LogP contribution in [-0.2, 0) is 27.0 Å². The fraction of sp³-hybridized carbons (Fsp3) is 0.524. The first-order valence-electron chi connectivity index (χ1n) is 10.7. The molecular formula is C21H31N4O7P. The summed E-state index contributed by atoms with van der Waals surface area (Å²) in [7, 11) is -4.66. The van der Waals surface area contributed by atoms with Crippen LogP contribution in [0.1, 0.15) is 63.9 Å². The van der Waals surface area contributed by atoms with Crippen LogP contribution in [0.4, 0.5) is 0 Å². The van der Waals surface area contributed by atoms with E-state index in [0.717, 1.165) is 6.42 Å². The second kappa shape index (κ2) is 11.9. The van der Waals surface area contributed by atoms with Crippen molar-refractivity contribution in [1.82, 2.24) is 20.8 Å². The molecule has 0 saturated carbocycles. The molecule has 0 aliphatic carbocycles. The lowest BCUT2D eigenvalue weighted by Gasteiger charge is -2.21. The van der Waals surface area contributed by atoms with Crippen molar-refractivity contribution in [2.24, 2.45) is 5.92 Å². The third-order valence-corrected chi connectivity index (χ3v) is 5.18. The van der Waals surface area contributed by atoms with Crippen LogP contribution in [0, 0.1) is 5.92 Å². The molecule has 0 aliphatic rings. The summed E-state index contributed by atoms with van der Waals surface area (Å²) >= 11 is 0. The van der Waals surface area contributed by atoms with E-state index in [2.05, 4.69) is 39.1 Å². The molecule has 0 saturated heterocycles. The Balaban J connectivity index is 2.08. The number of rotatable bonds is 12. The minimum absolute atomic E-state index is 0.0108. The molecule has 0 fully saturated rings. The van der Waals surface area contributed by atoms with Gasteiger partial charge >= 0.3 is 7.82 Å². The van der Waals surface area contributed by atoms with Crippen molar-refractivity contribution in [1.29, 1.82) is 0 Å². The summed E-state index contributed by atoms with van der Waals surface area (Å²) < 4.78 is 20.8. The molecule has 2 amide bonds. The lowest BCUT2D eigenvalue weighted by atomic mass is 10.0. The van der Waals surface area contributed by atoms with E-state index in [9.17, 15) is 14.2 Å². The fourth-order valence-electron chi connectivity index (χ4n) is 3.05. The first-order chi connectivity index (χ1) is 15.5. The van der Waals surface area contributed by atoms with Gasteiger partial charge in [-0.1, -0.05) is 38.1 Å². The summed E-state index contributed by atoms with van der Waals surface area (Å²) in [5, 5.41) is 9.46. The van der Waals surface area contributed by atoms with E-state index in [0.29, 0.717) is 36.0 Å². The number of hydrogen-bond donors (Lipinski definition) is 4. The Labute approximate surface area is 192 Å². The number of phosphoric acid groups is 1. The van der Waals surface area contributed by atoms with Gasteiger partial charge in [0.2, 0.25) is 17.7 Å². The Morgan fingerprint density at radius 2 is 1.85 bits per heavy atom. The van der Waals surface area contributed by atoms with Gasteiger partial charge in [0, 0.05) is 19.8 Å². The van der Waals surface area contributed by atoms with Crippen LogP contribution in [-0.4, -0.2) is 37.8 Å². The van der Waals surface area contributed by atoms with Crippen LogP contribution >= 0.6 is 7.82 Å². The van der Waals surface area contributed by atoms with E-state index >= 15 is 0 Å². The predicted molar refractivity (Wildman–Crippen MR) is 119 cm³/mol. The number of aromatic nitrogens is 2. The van der Waals surface area contributed by atoms with E-state index in [4.69, 9.17) is 14.3 Å². The van der Waals surface area contributed by atoms with Gasteiger partial charge in [-0.3, -0.25) is 19.4 Å². The maximum atomic E-state index is 13.0. The lowest BCUT2D eigenvalue weighted by Crippen LogP contribution is -2.48. The summed E-state index contributed by atoms with van der Waals surface area (Å²) in [4.78, 5) is 46.8. The summed E-state index contributed by atoms with van der Waals surface area (Å²) in [5.41, 5.74) is 0.656. The molecule has 0 radical (unpaired) electrons. The number of carbonyl (C=O) groups excluding carboxylic acids is 2. The Morgan fingerprint density at radius 3 is 2.39 bits per heavy atom. The highest BCUT2D eigenvalue weighted by molar-refractivity contribution is 7.46. The average molecular weight is 482 g/mol. The van der Waals surface area contributed by atoms with Crippen molar-refractivity contribution >= 4 is 19.6 Å². The quantitative estimate of drug-likeness (QED) is 0.333. The van der Waals surface area contributed by atoms with Gasteiger partial charge in [0.15, 0.2) is 5.82 Å². The van der Waals surface area contributed by atoms with Crippen LogP contribution < -0.4 is 15.2 Å². The molecule has 1 aromatic heterocycles. The van der Waals surface area contributed by atoms with Crippen molar-refractivity contribution in [3.63, 3.8) is 0 Å². The van der Waals surface area contributed by atoms with Crippen molar-refractivity contribution in [2.75, 3.05) is 0 Å². The van der Waals surface area contributed by atoms with E-state index in [-0.39, 0.29) is 18.1 Å². The van der Waals surface area contributed by atoms with E-state index in [1.165, 1.54) is 19.1 Å². The highest BCUT2D eigenvalue weighted by Crippen LogP contribution is 2.37. The SMILES string of the molecule is CC[C@H](NC(=O)[C@H](Cc1ccc(OP(=O)(O)O)cc1)NC(C)=O)c1nc(CCC(C)C)no1.